The molecular formula is C17H32N2O. The number of rotatable bonds is 4. The van der Waals surface area contributed by atoms with Gasteiger partial charge in [0.15, 0.2) is 0 Å². The summed E-state index contributed by atoms with van der Waals surface area (Å²) in [5, 5.41) is 3.62. The first kappa shape index (κ1) is 15.8. The summed E-state index contributed by atoms with van der Waals surface area (Å²) >= 11 is 0. The highest BCUT2D eigenvalue weighted by Crippen LogP contribution is 2.40. The lowest BCUT2D eigenvalue weighted by atomic mass is 9.74. The van der Waals surface area contributed by atoms with Crippen LogP contribution in [0.1, 0.15) is 79.6 Å². The van der Waals surface area contributed by atoms with E-state index in [1.165, 1.54) is 19.3 Å². The summed E-state index contributed by atoms with van der Waals surface area (Å²) in [6.45, 7) is 11.1. The van der Waals surface area contributed by atoms with Crippen molar-refractivity contribution in [2.75, 3.05) is 0 Å². The Bertz CT molecular complexity index is 366. The van der Waals surface area contributed by atoms with Crippen LogP contribution in [0.4, 0.5) is 0 Å². The largest absolute Gasteiger partial charge is 0.323 e. The molecular weight excluding hydrogens is 248 g/mol. The van der Waals surface area contributed by atoms with Gasteiger partial charge in [0.05, 0.1) is 11.7 Å². The van der Waals surface area contributed by atoms with Crippen LogP contribution in [0.5, 0.6) is 0 Å². The van der Waals surface area contributed by atoms with Gasteiger partial charge in [-0.05, 0) is 44.4 Å². The summed E-state index contributed by atoms with van der Waals surface area (Å²) in [4.78, 5) is 15.1. The molecule has 116 valence electrons. The third-order valence-corrected chi connectivity index (χ3v) is 5.37. The van der Waals surface area contributed by atoms with E-state index in [2.05, 4.69) is 44.8 Å². The molecule has 0 bridgehead atoms. The number of amides is 1. The molecule has 3 atom stereocenters. The fourth-order valence-corrected chi connectivity index (χ4v) is 3.98. The average Bonchev–Trinajstić information content (AvgIpc) is 2.61. The number of hydrogen-bond donors (Lipinski definition) is 1. The molecule has 0 spiro atoms. The van der Waals surface area contributed by atoms with Crippen molar-refractivity contribution in [2.45, 2.75) is 97.3 Å². The molecule has 1 saturated heterocycles. The van der Waals surface area contributed by atoms with Gasteiger partial charge in [0, 0.05) is 6.04 Å². The molecule has 1 amide bonds. The Morgan fingerprint density at radius 1 is 1.30 bits per heavy atom. The van der Waals surface area contributed by atoms with Gasteiger partial charge in [0.25, 0.3) is 0 Å². The van der Waals surface area contributed by atoms with Gasteiger partial charge in [-0.2, -0.15) is 0 Å². The summed E-state index contributed by atoms with van der Waals surface area (Å²) in [5.41, 5.74) is 0.0343. The summed E-state index contributed by atoms with van der Waals surface area (Å²) in [5.74, 6) is 0.334. The predicted octanol–water partition coefficient (Wildman–Crippen LogP) is 3.68. The van der Waals surface area contributed by atoms with Crippen molar-refractivity contribution in [1.29, 1.82) is 0 Å². The maximum atomic E-state index is 12.9. The molecule has 2 aliphatic rings. The Morgan fingerprint density at radius 2 is 2.00 bits per heavy atom. The minimum Gasteiger partial charge on any atom is -0.323 e. The molecule has 2 rings (SSSR count). The summed E-state index contributed by atoms with van der Waals surface area (Å²) < 4.78 is 0. The van der Waals surface area contributed by atoms with Crippen LogP contribution in [0.2, 0.25) is 0 Å². The molecule has 20 heavy (non-hydrogen) atoms. The zero-order chi connectivity index (χ0) is 15.0. The van der Waals surface area contributed by atoms with Crippen molar-refractivity contribution in [3.05, 3.63) is 0 Å². The Kier molecular flexibility index (Phi) is 4.48. The second-order valence-electron chi connectivity index (χ2n) is 7.76. The van der Waals surface area contributed by atoms with Gasteiger partial charge < -0.3 is 4.90 Å². The van der Waals surface area contributed by atoms with Crippen LogP contribution in [0.25, 0.3) is 0 Å². The molecule has 2 fully saturated rings. The van der Waals surface area contributed by atoms with Crippen LogP contribution in [0, 0.1) is 5.41 Å². The maximum absolute atomic E-state index is 12.9. The van der Waals surface area contributed by atoms with Gasteiger partial charge in [-0.1, -0.05) is 40.5 Å². The van der Waals surface area contributed by atoms with E-state index in [9.17, 15) is 4.79 Å². The van der Waals surface area contributed by atoms with E-state index in [1.54, 1.807) is 0 Å². The first-order valence-electron chi connectivity index (χ1n) is 8.43. The highest BCUT2D eigenvalue weighted by Gasteiger charge is 2.49. The topological polar surface area (TPSA) is 32.3 Å². The van der Waals surface area contributed by atoms with Crippen LogP contribution in [-0.4, -0.2) is 28.6 Å². The molecule has 0 aromatic heterocycles. The van der Waals surface area contributed by atoms with Crippen LogP contribution in [-0.2, 0) is 4.79 Å². The van der Waals surface area contributed by atoms with E-state index in [1.807, 2.05) is 0 Å². The number of nitrogens with one attached hydrogen (secondary N) is 1. The average molecular weight is 280 g/mol. The van der Waals surface area contributed by atoms with Crippen molar-refractivity contribution in [2.24, 2.45) is 5.41 Å². The van der Waals surface area contributed by atoms with E-state index in [0.29, 0.717) is 17.4 Å². The molecule has 3 nitrogen and oxygen atoms in total. The van der Waals surface area contributed by atoms with Crippen LogP contribution < -0.4 is 5.32 Å². The summed E-state index contributed by atoms with van der Waals surface area (Å²) in [6.07, 6.45) is 8.19. The van der Waals surface area contributed by atoms with Crippen molar-refractivity contribution in [1.82, 2.24) is 10.2 Å². The van der Waals surface area contributed by atoms with E-state index in [-0.39, 0.29) is 11.7 Å². The van der Waals surface area contributed by atoms with E-state index >= 15 is 0 Å². The fraction of sp³-hybridized carbons (Fsp3) is 0.941. The summed E-state index contributed by atoms with van der Waals surface area (Å²) in [6, 6.07) is 0.434. The van der Waals surface area contributed by atoms with Crippen molar-refractivity contribution < 1.29 is 4.79 Å². The normalized spacial score (nSPS) is 37.5. The third-order valence-electron chi connectivity index (χ3n) is 5.37. The van der Waals surface area contributed by atoms with Crippen LogP contribution in [0.3, 0.4) is 0 Å². The maximum Gasteiger partial charge on any atom is 0.244 e. The number of carbonyl (C=O) groups is 1. The van der Waals surface area contributed by atoms with Gasteiger partial charge in [0.2, 0.25) is 5.91 Å². The predicted molar refractivity (Wildman–Crippen MR) is 83.4 cm³/mol. The lowest BCUT2D eigenvalue weighted by Gasteiger charge is -2.42. The van der Waals surface area contributed by atoms with Crippen LogP contribution >= 0.6 is 0 Å². The zero-order valence-corrected chi connectivity index (χ0v) is 14.0. The fourth-order valence-electron chi connectivity index (χ4n) is 3.98. The van der Waals surface area contributed by atoms with Gasteiger partial charge in [-0.3, -0.25) is 10.1 Å². The standard InChI is InChI=1S/C17H32N2O/c1-6-9-14-18-17(5,7-2)15(20)19(14)13-10-8-11-16(3,4)12-13/h13-14,18H,6-12H2,1-5H3. The number of carbonyl (C=O) groups excluding carboxylic acids is 1. The molecule has 1 aliphatic carbocycles. The summed E-state index contributed by atoms with van der Waals surface area (Å²) in [7, 11) is 0. The van der Waals surface area contributed by atoms with E-state index in [4.69, 9.17) is 0 Å². The Labute approximate surface area is 124 Å². The van der Waals surface area contributed by atoms with Crippen molar-refractivity contribution in [3.8, 4) is 0 Å². The zero-order valence-electron chi connectivity index (χ0n) is 14.0. The molecule has 1 heterocycles. The Balaban J connectivity index is 2.20. The van der Waals surface area contributed by atoms with Gasteiger partial charge in [-0.15, -0.1) is 0 Å². The van der Waals surface area contributed by atoms with Crippen molar-refractivity contribution in [3.63, 3.8) is 0 Å². The first-order chi connectivity index (χ1) is 9.33. The molecule has 0 aromatic carbocycles. The molecule has 1 saturated carbocycles. The van der Waals surface area contributed by atoms with E-state index in [0.717, 1.165) is 25.7 Å². The molecule has 0 radical (unpaired) electrons. The minimum atomic E-state index is -0.346. The lowest BCUT2D eigenvalue weighted by Crippen LogP contribution is -2.48. The van der Waals surface area contributed by atoms with Crippen molar-refractivity contribution >= 4 is 5.91 Å². The Morgan fingerprint density at radius 3 is 2.55 bits per heavy atom. The number of nitrogens with zero attached hydrogens (tertiary/aromatic N) is 1. The number of hydrogen-bond acceptors (Lipinski definition) is 2. The van der Waals surface area contributed by atoms with Gasteiger partial charge in [0.1, 0.15) is 0 Å². The SMILES string of the molecule is CCCC1NC(C)(CC)C(=O)N1C1CCCC(C)(C)C1. The second kappa shape index (κ2) is 5.67. The van der Waals surface area contributed by atoms with Gasteiger partial charge >= 0.3 is 0 Å². The lowest BCUT2D eigenvalue weighted by molar-refractivity contribution is -0.136. The molecule has 3 unspecified atom stereocenters. The van der Waals surface area contributed by atoms with E-state index < -0.39 is 0 Å². The molecule has 0 aromatic rings. The monoisotopic (exact) mass is 280 g/mol. The smallest absolute Gasteiger partial charge is 0.244 e. The third kappa shape index (κ3) is 2.88. The highest BCUT2D eigenvalue weighted by molar-refractivity contribution is 5.88. The van der Waals surface area contributed by atoms with Gasteiger partial charge in [-0.25, -0.2) is 0 Å². The Hall–Kier alpha value is -0.570. The molecule has 1 aliphatic heterocycles. The second-order valence-corrected chi connectivity index (χ2v) is 7.76. The molecule has 1 N–H and O–H groups in total. The van der Waals surface area contributed by atoms with Crippen LogP contribution in [0.15, 0.2) is 0 Å². The minimum absolute atomic E-state index is 0.247. The highest BCUT2D eigenvalue weighted by atomic mass is 16.2. The first-order valence-corrected chi connectivity index (χ1v) is 8.43. The quantitative estimate of drug-likeness (QED) is 0.852. The molecule has 3 heteroatoms.